The van der Waals surface area contributed by atoms with Crippen LogP contribution >= 0.6 is 0 Å². The highest BCUT2D eigenvalue weighted by Crippen LogP contribution is 2.36. The number of amides is 1. The molecular formula is C21H24F3NO6. The predicted octanol–water partition coefficient (Wildman–Crippen LogP) is 3.63. The summed E-state index contributed by atoms with van der Waals surface area (Å²) in [6.45, 7) is 0.877. The van der Waals surface area contributed by atoms with Gasteiger partial charge in [-0.1, -0.05) is 30.3 Å². The van der Waals surface area contributed by atoms with Crippen molar-refractivity contribution in [2.24, 2.45) is 5.92 Å². The summed E-state index contributed by atoms with van der Waals surface area (Å²) in [4.78, 5) is 37.2. The highest BCUT2D eigenvalue weighted by atomic mass is 19.4. The number of carbonyl (C=O) groups excluding carboxylic acids is 3. The van der Waals surface area contributed by atoms with Crippen LogP contribution in [-0.2, 0) is 30.4 Å². The number of hydrogen-bond acceptors (Lipinski definition) is 6. The van der Waals surface area contributed by atoms with Crippen molar-refractivity contribution in [1.29, 1.82) is 0 Å². The zero-order valence-electron chi connectivity index (χ0n) is 17.2. The van der Waals surface area contributed by atoms with E-state index in [0.29, 0.717) is 11.6 Å². The van der Waals surface area contributed by atoms with Crippen molar-refractivity contribution < 1.29 is 41.8 Å². The van der Waals surface area contributed by atoms with E-state index in [0.717, 1.165) is 12.0 Å². The van der Waals surface area contributed by atoms with Crippen molar-refractivity contribution in [2.75, 3.05) is 20.3 Å². The molecule has 1 aliphatic heterocycles. The molecule has 1 aromatic carbocycles. The normalized spacial score (nSPS) is 19.5. The SMILES string of the molecule is CCOC(=O)C=C([C@@H]1CC[C@@H](C(=O)OC)CN1C(=O)OCc1ccccc1)C(F)(F)F. The first-order valence-corrected chi connectivity index (χ1v) is 9.68. The quantitative estimate of drug-likeness (QED) is 0.379. The topological polar surface area (TPSA) is 82.1 Å². The number of nitrogens with zero attached hydrogens (tertiary/aromatic N) is 1. The fourth-order valence-corrected chi connectivity index (χ4v) is 3.34. The second kappa shape index (κ2) is 10.8. The van der Waals surface area contributed by atoms with Gasteiger partial charge < -0.3 is 19.1 Å². The van der Waals surface area contributed by atoms with E-state index in [1.807, 2.05) is 0 Å². The molecule has 2 atom stereocenters. The number of likely N-dealkylation sites (tertiary alicyclic amines) is 1. The van der Waals surface area contributed by atoms with E-state index in [4.69, 9.17) is 4.74 Å². The Morgan fingerprint density at radius 2 is 1.81 bits per heavy atom. The largest absolute Gasteiger partial charge is 0.469 e. The molecule has 170 valence electrons. The van der Waals surface area contributed by atoms with Crippen LogP contribution in [-0.4, -0.2) is 55.4 Å². The Balaban J connectivity index is 2.31. The summed E-state index contributed by atoms with van der Waals surface area (Å²) in [5, 5.41) is 0. The van der Waals surface area contributed by atoms with Gasteiger partial charge in [-0.3, -0.25) is 4.79 Å². The van der Waals surface area contributed by atoms with Crippen LogP contribution in [0.15, 0.2) is 42.0 Å². The fraction of sp³-hybridized carbons (Fsp3) is 0.476. The molecule has 2 rings (SSSR count). The number of methoxy groups -OCH3 is 1. The molecule has 1 aromatic rings. The van der Waals surface area contributed by atoms with Gasteiger partial charge in [-0.15, -0.1) is 0 Å². The van der Waals surface area contributed by atoms with Crippen molar-refractivity contribution in [3.05, 3.63) is 47.5 Å². The number of piperidine rings is 1. The van der Waals surface area contributed by atoms with Gasteiger partial charge in [-0.2, -0.15) is 13.2 Å². The maximum absolute atomic E-state index is 13.8. The average Bonchev–Trinajstić information content (AvgIpc) is 2.75. The number of benzene rings is 1. The highest BCUT2D eigenvalue weighted by Gasteiger charge is 2.46. The number of ether oxygens (including phenoxy) is 3. The standard InChI is InChI=1S/C21H24F3NO6/c1-3-30-18(26)11-16(21(22,23)24)17-10-9-15(19(27)29-2)12-25(17)20(28)31-13-14-7-5-4-6-8-14/h4-8,11,15,17H,3,9-10,12-13H2,1-2H3/t15-,17+/m1/s1. The molecule has 1 saturated heterocycles. The monoisotopic (exact) mass is 443 g/mol. The highest BCUT2D eigenvalue weighted by molar-refractivity contribution is 5.83. The number of hydrogen-bond donors (Lipinski definition) is 0. The number of rotatable bonds is 6. The minimum Gasteiger partial charge on any atom is -0.469 e. The molecule has 0 unspecified atom stereocenters. The molecule has 0 bridgehead atoms. The predicted molar refractivity (Wildman–Crippen MR) is 103 cm³/mol. The molecule has 0 N–H and O–H groups in total. The molecule has 0 saturated carbocycles. The summed E-state index contributed by atoms with van der Waals surface area (Å²) in [6, 6.07) is 7.10. The van der Waals surface area contributed by atoms with Crippen LogP contribution in [0.25, 0.3) is 0 Å². The van der Waals surface area contributed by atoms with Crippen molar-refractivity contribution in [3.63, 3.8) is 0 Å². The molecule has 0 spiro atoms. The third-order valence-corrected chi connectivity index (χ3v) is 4.80. The van der Waals surface area contributed by atoms with Crippen LogP contribution in [0.5, 0.6) is 0 Å². The number of esters is 2. The lowest BCUT2D eigenvalue weighted by Gasteiger charge is -2.39. The third-order valence-electron chi connectivity index (χ3n) is 4.80. The molecule has 0 aliphatic carbocycles. The van der Waals surface area contributed by atoms with E-state index < -0.39 is 41.7 Å². The van der Waals surface area contributed by atoms with Crippen molar-refractivity contribution in [2.45, 2.75) is 38.6 Å². The van der Waals surface area contributed by atoms with E-state index in [1.165, 1.54) is 6.92 Å². The Labute approximate surface area is 177 Å². The van der Waals surface area contributed by atoms with Crippen LogP contribution in [0.1, 0.15) is 25.3 Å². The number of halogens is 3. The zero-order valence-corrected chi connectivity index (χ0v) is 17.2. The maximum Gasteiger partial charge on any atom is 0.414 e. The summed E-state index contributed by atoms with van der Waals surface area (Å²) in [6.07, 6.45) is -5.72. The fourth-order valence-electron chi connectivity index (χ4n) is 3.34. The summed E-state index contributed by atoms with van der Waals surface area (Å²) in [7, 11) is 1.16. The molecule has 1 aliphatic rings. The molecule has 0 aromatic heterocycles. The summed E-state index contributed by atoms with van der Waals surface area (Å²) in [5.41, 5.74) is -0.585. The number of alkyl halides is 3. The van der Waals surface area contributed by atoms with E-state index in [9.17, 15) is 27.6 Å². The Kier molecular flexibility index (Phi) is 8.47. The van der Waals surface area contributed by atoms with Crippen LogP contribution in [0, 0.1) is 5.92 Å². The minimum absolute atomic E-state index is 0.0516. The van der Waals surface area contributed by atoms with Gasteiger partial charge in [-0.25, -0.2) is 9.59 Å². The molecule has 7 nitrogen and oxygen atoms in total. The number of carbonyl (C=O) groups is 3. The van der Waals surface area contributed by atoms with Gasteiger partial charge in [0.2, 0.25) is 0 Å². The van der Waals surface area contributed by atoms with Gasteiger partial charge >= 0.3 is 24.2 Å². The Hall–Kier alpha value is -3.04. The van der Waals surface area contributed by atoms with E-state index >= 15 is 0 Å². The molecule has 31 heavy (non-hydrogen) atoms. The van der Waals surface area contributed by atoms with Gasteiger partial charge in [0.1, 0.15) is 6.61 Å². The second-order valence-corrected chi connectivity index (χ2v) is 6.86. The maximum atomic E-state index is 13.8. The van der Waals surface area contributed by atoms with Crippen LogP contribution < -0.4 is 0 Å². The van der Waals surface area contributed by atoms with Crippen molar-refractivity contribution in [3.8, 4) is 0 Å². The molecule has 10 heteroatoms. The second-order valence-electron chi connectivity index (χ2n) is 6.86. The van der Waals surface area contributed by atoms with Crippen LogP contribution in [0.3, 0.4) is 0 Å². The summed E-state index contributed by atoms with van der Waals surface area (Å²) >= 11 is 0. The third kappa shape index (κ3) is 6.73. The van der Waals surface area contributed by atoms with Gasteiger partial charge in [0.15, 0.2) is 0 Å². The molecule has 0 radical (unpaired) electrons. The van der Waals surface area contributed by atoms with Gasteiger partial charge in [0, 0.05) is 12.6 Å². The van der Waals surface area contributed by atoms with Crippen molar-refractivity contribution >= 4 is 18.0 Å². The smallest absolute Gasteiger partial charge is 0.414 e. The van der Waals surface area contributed by atoms with Crippen molar-refractivity contribution in [1.82, 2.24) is 4.90 Å². The lowest BCUT2D eigenvalue weighted by atomic mass is 9.88. The Morgan fingerprint density at radius 3 is 2.39 bits per heavy atom. The Morgan fingerprint density at radius 1 is 1.13 bits per heavy atom. The zero-order chi connectivity index (χ0) is 23.0. The summed E-state index contributed by atoms with van der Waals surface area (Å²) < 4.78 is 55.8. The first kappa shape index (κ1) is 24.2. The minimum atomic E-state index is -4.90. The van der Waals surface area contributed by atoms with Gasteiger partial charge in [0.25, 0.3) is 0 Å². The molecule has 1 amide bonds. The molecular weight excluding hydrogens is 419 g/mol. The van der Waals surface area contributed by atoms with E-state index in [-0.39, 0.29) is 32.6 Å². The first-order chi connectivity index (χ1) is 14.7. The summed E-state index contributed by atoms with van der Waals surface area (Å²) in [5.74, 6) is -2.60. The van der Waals surface area contributed by atoms with Gasteiger partial charge in [0.05, 0.1) is 31.2 Å². The van der Waals surface area contributed by atoms with E-state index in [1.54, 1.807) is 30.3 Å². The van der Waals surface area contributed by atoms with Crippen LogP contribution in [0.4, 0.5) is 18.0 Å². The van der Waals surface area contributed by atoms with Gasteiger partial charge in [-0.05, 0) is 25.3 Å². The lowest BCUT2D eigenvalue weighted by molar-refractivity contribution is -0.148. The molecule has 1 fully saturated rings. The van der Waals surface area contributed by atoms with Crippen LogP contribution in [0.2, 0.25) is 0 Å². The van der Waals surface area contributed by atoms with E-state index in [2.05, 4.69) is 9.47 Å². The Bertz CT molecular complexity index is 809. The average molecular weight is 443 g/mol. The lowest BCUT2D eigenvalue weighted by Crippen LogP contribution is -2.51. The molecule has 1 heterocycles. The first-order valence-electron chi connectivity index (χ1n) is 9.68.